The highest BCUT2D eigenvalue weighted by molar-refractivity contribution is 5.81. The average molecular weight is 187 g/mol. The van der Waals surface area contributed by atoms with Crippen molar-refractivity contribution in [2.75, 3.05) is 13.2 Å². The number of aliphatic hydroxyl groups is 1. The second-order valence-corrected chi connectivity index (χ2v) is 3.65. The Morgan fingerprint density at radius 3 is 2.92 bits per heavy atom. The third kappa shape index (κ3) is 2.97. The maximum absolute atomic E-state index is 11.4. The van der Waals surface area contributed by atoms with E-state index in [1.165, 1.54) is 0 Å². The molecule has 76 valence electrons. The van der Waals surface area contributed by atoms with E-state index in [-0.39, 0.29) is 17.9 Å². The Morgan fingerprint density at radius 1 is 1.77 bits per heavy atom. The van der Waals surface area contributed by atoms with Gasteiger partial charge in [-0.3, -0.25) is 4.79 Å². The van der Waals surface area contributed by atoms with Gasteiger partial charge in [0.05, 0.1) is 6.10 Å². The third-order valence-corrected chi connectivity index (χ3v) is 2.22. The third-order valence-electron chi connectivity index (χ3n) is 2.22. The number of amides is 1. The molecule has 0 aromatic carbocycles. The summed E-state index contributed by atoms with van der Waals surface area (Å²) in [5.74, 6) is 0.180. The van der Waals surface area contributed by atoms with Crippen molar-refractivity contribution in [3.05, 3.63) is 0 Å². The van der Waals surface area contributed by atoms with E-state index in [9.17, 15) is 4.79 Å². The zero-order valence-corrected chi connectivity index (χ0v) is 8.12. The van der Waals surface area contributed by atoms with Crippen molar-refractivity contribution < 1.29 is 14.6 Å². The topological polar surface area (TPSA) is 58.6 Å². The molecule has 13 heavy (non-hydrogen) atoms. The van der Waals surface area contributed by atoms with Crippen LogP contribution in [0.5, 0.6) is 0 Å². The number of nitrogens with one attached hydrogen (secondary N) is 1. The number of rotatable bonds is 3. The van der Waals surface area contributed by atoms with Crippen LogP contribution in [0.15, 0.2) is 0 Å². The van der Waals surface area contributed by atoms with Gasteiger partial charge in [-0.2, -0.15) is 0 Å². The maximum atomic E-state index is 11.4. The zero-order valence-electron chi connectivity index (χ0n) is 8.12. The first kappa shape index (κ1) is 10.5. The summed E-state index contributed by atoms with van der Waals surface area (Å²) in [5.41, 5.74) is 0. The van der Waals surface area contributed by atoms with E-state index in [0.717, 1.165) is 6.42 Å². The van der Waals surface area contributed by atoms with E-state index in [4.69, 9.17) is 9.84 Å². The molecule has 0 aromatic rings. The lowest BCUT2D eigenvalue weighted by molar-refractivity contribution is -0.131. The van der Waals surface area contributed by atoms with E-state index in [1.54, 1.807) is 6.92 Å². The number of hydrogen-bond donors (Lipinski definition) is 2. The van der Waals surface area contributed by atoms with E-state index < -0.39 is 6.10 Å². The Labute approximate surface area is 78.3 Å². The SMILES string of the molecule is CC(O)CNC(=O)C1OCCC1C. The van der Waals surface area contributed by atoms with Gasteiger partial charge in [-0.15, -0.1) is 0 Å². The molecule has 1 amide bonds. The van der Waals surface area contributed by atoms with Crippen LogP contribution in [0.2, 0.25) is 0 Å². The maximum Gasteiger partial charge on any atom is 0.249 e. The molecule has 3 atom stereocenters. The smallest absolute Gasteiger partial charge is 0.249 e. The summed E-state index contributed by atoms with van der Waals surface area (Å²) < 4.78 is 5.27. The number of carbonyl (C=O) groups is 1. The van der Waals surface area contributed by atoms with E-state index in [0.29, 0.717) is 13.2 Å². The van der Waals surface area contributed by atoms with Crippen LogP contribution < -0.4 is 5.32 Å². The van der Waals surface area contributed by atoms with Crippen LogP contribution in [-0.2, 0) is 9.53 Å². The molecular weight excluding hydrogens is 170 g/mol. The van der Waals surface area contributed by atoms with Gasteiger partial charge in [-0.05, 0) is 19.3 Å². The first-order chi connectivity index (χ1) is 6.11. The number of hydrogen-bond acceptors (Lipinski definition) is 3. The summed E-state index contributed by atoms with van der Waals surface area (Å²) in [5, 5.41) is 11.6. The Kier molecular flexibility index (Phi) is 3.69. The molecule has 0 saturated carbocycles. The van der Waals surface area contributed by atoms with Gasteiger partial charge >= 0.3 is 0 Å². The van der Waals surface area contributed by atoms with Gasteiger partial charge in [-0.1, -0.05) is 6.92 Å². The minimum Gasteiger partial charge on any atom is -0.392 e. The molecule has 4 heteroatoms. The molecule has 0 radical (unpaired) electrons. The summed E-state index contributed by atoms with van der Waals surface area (Å²) >= 11 is 0. The largest absolute Gasteiger partial charge is 0.392 e. The van der Waals surface area contributed by atoms with Gasteiger partial charge in [0.15, 0.2) is 0 Å². The van der Waals surface area contributed by atoms with Crippen LogP contribution in [-0.4, -0.2) is 36.4 Å². The predicted octanol–water partition coefficient (Wildman–Crippen LogP) is -0.0916. The minimum atomic E-state index is -0.499. The Bertz CT molecular complexity index is 182. The van der Waals surface area contributed by atoms with Crippen LogP contribution in [0.4, 0.5) is 0 Å². The lowest BCUT2D eigenvalue weighted by Crippen LogP contribution is -2.40. The molecule has 1 heterocycles. The predicted molar refractivity (Wildman–Crippen MR) is 48.2 cm³/mol. The van der Waals surface area contributed by atoms with Gasteiger partial charge in [0.25, 0.3) is 0 Å². The van der Waals surface area contributed by atoms with Crippen LogP contribution in [0.25, 0.3) is 0 Å². The second-order valence-electron chi connectivity index (χ2n) is 3.65. The summed E-state index contributed by atoms with van der Waals surface area (Å²) in [7, 11) is 0. The molecule has 2 N–H and O–H groups in total. The minimum absolute atomic E-state index is 0.106. The highest BCUT2D eigenvalue weighted by Gasteiger charge is 2.30. The molecule has 0 bridgehead atoms. The first-order valence-electron chi connectivity index (χ1n) is 4.68. The Morgan fingerprint density at radius 2 is 2.46 bits per heavy atom. The average Bonchev–Trinajstić information content (AvgIpc) is 2.47. The molecular formula is C9H17NO3. The molecule has 1 fully saturated rings. The molecule has 0 aromatic heterocycles. The van der Waals surface area contributed by atoms with Gasteiger partial charge < -0.3 is 15.2 Å². The molecule has 1 rings (SSSR count). The van der Waals surface area contributed by atoms with E-state index in [2.05, 4.69) is 5.32 Å². The quantitative estimate of drug-likeness (QED) is 0.649. The molecule has 4 nitrogen and oxygen atoms in total. The van der Waals surface area contributed by atoms with Gasteiger partial charge in [0.1, 0.15) is 6.10 Å². The van der Waals surface area contributed by atoms with Crippen LogP contribution in [0, 0.1) is 5.92 Å². The van der Waals surface area contributed by atoms with Crippen molar-refractivity contribution in [3.63, 3.8) is 0 Å². The fourth-order valence-corrected chi connectivity index (χ4v) is 1.38. The molecule has 1 aliphatic rings. The zero-order chi connectivity index (χ0) is 9.84. The van der Waals surface area contributed by atoms with Crippen molar-refractivity contribution >= 4 is 5.91 Å². The lowest BCUT2D eigenvalue weighted by Gasteiger charge is -2.15. The van der Waals surface area contributed by atoms with Gasteiger partial charge in [-0.25, -0.2) is 0 Å². The van der Waals surface area contributed by atoms with E-state index in [1.807, 2.05) is 6.92 Å². The molecule has 1 saturated heterocycles. The molecule has 1 aliphatic heterocycles. The number of aliphatic hydroxyl groups excluding tert-OH is 1. The monoisotopic (exact) mass is 187 g/mol. The Balaban J connectivity index is 2.30. The summed E-state index contributed by atoms with van der Waals surface area (Å²) in [6.45, 7) is 4.60. The van der Waals surface area contributed by atoms with Crippen molar-refractivity contribution in [1.29, 1.82) is 0 Å². The summed E-state index contributed by atoms with van der Waals surface area (Å²) in [4.78, 5) is 11.4. The molecule has 0 aliphatic carbocycles. The van der Waals surface area contributed by atoms with Crippen LogP contribution in [0.1, 0.15) is 20.3 Å². The standard InChI is InChI=1S/C9H17NO3/c1-6-3-4-13-8(6)9(12)10-5-7(2)11/h6-8,11H,3-5H2,1-2H3,(H,10,12). The van der Waals surface area contributed by atoms with E-state index >= 15 is 0 Å². The lowest BCUT2D eigenvalue weighted by atomic mass is 10.0. The number of ether oxygens (including phenoxy) is 1. The fraction of sp³-hybridized carbons (Fsp3) is 0.889. The van der Waals surface area contributed by atoms with Crippen molar-refractivity contribution in [2.45, 2.75) is 32.5 Å². The fourth-order valence-electron chi connectivity index (χ4n) is 1.38. The first-order valence-corrected chi connectivity index (χ1v) is 4.68. The summed E-state index contributed by atoms with van der Waals surface area (Å²) in [6, 6.07) is 0. The van der Waals surface area contributed by atoms with Crippen LogP contribution in [0.3, 0.4) is 0 Å². The van der Waals surface area contributed by atoms with Crippen molar-refractivity contribution in [1.82, 2.24) is 5.32 Å². The second kappa shape index (κ2) is 4.58. The molecule has 3 unspecified atom stereocenters. The molecule has 0 spiro atoms. The van der Waals surface area contributed by atoms with Gasteiger partial charge in [0, 0.05) is 13.2 Å². The van der Waals surface area contributed by atoms with Gasteiger partial charge in [0.2, 0.25) is 5.91 Å². The van der Waals surface area contributed by atoms with Crippen LogP contribution >= 0.6 is 0 Å². The highest BCUT2D eigenvalue weighted by Crippen LogP contribution is 2.19. The number of carbonyl (C=O) groups excluding carboxylic acids is 1. The van der Waals surface area contributed by atoms with Crippen molar-refractivity contribution in [2.24, 2.45) is 5.92 Å². The van der Waals surface area contributed by atoms with Crippen molar-refractivity contribution in [3.8, 4) is 0 Å². The Hall–Kier alpha value is -0.610. The summed E-state index contributed by atoms with van der Waals surface area (Å²) in [6.07, 6.45) is 0.117. The normalized spacial score (nSPS) is 30.1. The highest BCUT2D eigenvalue weighted by atomic mass is 16.5.